The highest BCUT2D eigenvalue weighted by Crippen LogP contribution is 2.36. The molecule has 10 heavy (non-hydrogen) atoms. The minimum Gasteiger partial charge on any atom is -0.130 e. The van der Waals surface area contributed by atoms with E-state index in [0.29, 0.717) is 0 Å². The fraction of sp³-hybridized carbons (Fsp3) is 0.889. The van der Waals surface area contributed by atoms with Gasteiger partial charge in [0.05, 0.1) is 0 Å². The topological polar surface area (TPSA) is 0 Å². The molecule has 2 aliphatic rings. The molecule has 0 amide bonds. The van der Waals surface area contributed by atoms with Gasteiger partial charge in [-0.15, -0.1) is 13.7 Å². The van der Waals surface area contributed by atoms with Crippen molar-refractivity contribution < 1.29 is 0 Å². The van der Waals surface area contributed by atoms with Gasteiger partial charge in [0, 0.05) is 5.92 Å². The van der Waals surface area contributed by atoms with E-state index in [1.165, 1.54) is 38.3 Å². The van der Waals surface area contributed by atoms with Crippen molar-refractivity contribution in [3.8, 4) is 5.63 Å². The zero-order valence-electron chi connectivity index (χ0n) is 6.40. The lowest BCUT2D eigenvalue weighted by molar-refractivity contribution is 0.437. The van der Waals surface area contributed by atoms with Crippen LogP contribution in [0.2, 0.25) is 0 Å². The van der Waals surface area contributed by atoms with E-state index in [9.17, 15) is 0 Å². The molecule has 1 fully saturated rings. The van der Waals surface area contributed by atoms with Gasteiger partial charge in [0.1, 0.15) is 0 Å². The van der Waals surface area contributed by atoms with Crippen molar-refractivity contribution in [1.29, 1.82) is 0 Å². The summed E-state index contributed by atoms with van der Waals surface area (Å²) in [7, 11) is 1.06. The third-order valence-corrected chi connectivity index (χ3v) is 4.00. The van der Waals surface area contributed by atoms with Gasteiger partial charge in [-0.2, -0.15) is 0 Å². The smallest absolute Gasteiger partial charge is 0.0188 e. The molecular formula is C9H15P. The molecule has 1 heteroatoms. The molecule has 2 rings (SSSR count). The molecule has 1 aliphatic carbocycles. The molecule has 0 saturated heterocycles. The summed E-state index contributed by atoms with van der Waals surface area (Å²) < 4.78 is 0. The Hall–Kier alpha value is 0.0800. The largest absolute Gasteiger partial charge is 0.130 e. The highest BCUT2D eigenvalue weighted by Gasteiger charge is 2.25. The Kier molecular flexibility index (Phi) is 2.02. The molecule has 56 valence electrons. The monoisotopic (exact) mass is 154 g/mol. The molecule has 1 heterocycles. The van der Waals surface area contributed by atoms with Crippen LogP contribution in [0.5, 0.6) is 0 Å². The predicted molar refractivity (Wildman–Crippen MR) is 47.1 cm³/mol. The fourth-order valence-electron chi connectivity index (χ4n) is 2.23. The standard InChI is InChI=1S/C9H15P/c1-3-8-5-2-6-10-7-9(8)4-1/h8-10H,1-6H2. The Morgan fingerprint density at radius 3 is 3.00 bits per heavy atom. The summed E-state index contributed by atoms with van der Waals surface area (Å²) >= 11 is 0. The highest BCUT2D eigenvalue weighted by atomic mass is 31.0. The van der Waals surface area contributed by atoms with Crippen LogP contribution in [0, 0.1) is 17.5 Å². The molecular weight excluding hydrogens is 139 g/mol. The van der Waals surface area contributed by atoms with E-state index in [-0.39, 0.29) is 0 Å². The first-order chi connectivity index (χ1) is 4.97. The van der Waals surface area contributed by atoms with Crippen LogP contribution in [-0.2, 0) is 0 Å². The first kappa shape index (κ1) is 6.77. The van der Waals surface area contributed by atoms with Crippen molar-refractivity contribution in [3.05, 3.63) is 0 Å². The molecule has 0 spiro atoms. The van der Waals surface area contributed by atoms with E-state index < -0.39 is 0 Å². The van der Waals surface area contributed by atoms with Crippen LogP contribution < -0.4 is 0 Å². The third kappa shape index (κ3) is 1.24. The lowest BCUT2D eigenvalue weighted by atomic mass is 9.94. The third-order valence-electron chi connectivity index (χ3n) is 2.82. The van der Waals surface area contributed by atoms with Crippen molar-refractivity contribution in [2.75, 3.05) is 6.16 Å². The van der Waals surface area contributed by atoms with Crippen molar-refractivity contribution >= 4 is 8.04 Å². The molecule has 1 saturated carbocycles. The quantitative estimate of drug-likeness (QED) is 0.471. The second-order valence-electron chi connectivity index (χ2n) is 3.51. The van der Waals surface area contributed by atoms with Gasteiger partial charge in [0.25, 0.3) is 0 Å². The minimum atomic E-state index is 0.917. The Labute approximate surface area is 64.5 Å². The molecule has 0 N–H and O–H groups in total. The SMILES string of the molecule is C1#[PH]CCCC2CCCC12. The van der Waals surface area contributed by atoms with Crippen molar-refractivity contribution in [1.82, 2.24) is 0 Å². The van der Waals surface area contributed by atoms with E-state index >= 15 is 0 Å². The van der Waals surface area contributed by atoms with Crippen LogP contribution in [0.3, 0.4) is 0 Å². The molecule has 3 unspecified atom stereocenters. The summed E-state index contributed by atoms with van der Waals surface area (Å²) in [6.45, 7) is 0. The number of fused-ring (bicyclic) bond motifs is 1. The normalized spacial score (nSPS) is 40.0. The average Bonchev–Trinajstić information content (AvgIpc) is 2.28. The van der Waals surface area contributed by atoms with E-state index in [2.05, 4.69) is 5.63 Å². The van der Waals surface area contributed by atoms with E-state index in [1.807, 2.05) is 0 Å². The number of rotatable bonds is 0. The number of hydrogen-bond donors (Lipinski definition) is 0. The van der Waals surface area contributed by atoms with Gasteiger partial charge < -0.3 is 0 Å². The molecule has 0 aromatic carbocycles. The van der Waals surface area contributed by atoms with E-state index in [1.54, 1.807) is 0 Å². The minimum absolute atomic E-state index is 0.917. The Bertz CT molecular complexity index is 175. The van der Waals surface area contributed by atoms with Gasteiger partial charge in [-0.05, 0) is 37.8 Å². The zero-order chi connectivity index (χ0) is 6.81. The van der Waals surface area contributed by atoms with Gasteiger partial charge in [-0.1, -0.05) is 6.42 Å². The van der Waals surface area contributed by atoms with Gasteiger partial charge in [0.2, 0.25) is 0 Å². The summed E-state index contributed by atoms with van der Waals surface area (Å²) in [4.78, 5) is 0. The second kappa shape index (κ2) is 2.99. The lowest BCUT2D eigenvalue weighted by Gasteiger charge is -2.10. The second-order valence-corrected chi connectivity index (χ2v) is 4.65. The van der Waals surface area contributed by atoms with Crippen molar-refractivity contribution in [2.24, 2.45) is 11.8 Å². The number of hydrogen-bond acceptors (Lipinski definition) is 0. The first-order valence-electron chi connectivity index (χ1n) is 4.45. The van der Waals surface area contributed by atoms with Crippen LogP contribution in [0.15, 0.2) is 0 Å². The van der Waals surface area contributed by atoms with Crippen LogP contribution >= 0.6 is 8.04 Å². The zero-order valence-corrected chi connectivity index (χ0v) is 7.40. The van der Waals surface area contributed by atoms with Gasteiger partial charge >= 0.3 is 0 Å². The Morgan fingerprint density at radius 1 is 1.10 bits per heavy atom. The maximum Gasteiger partial charge on any atom is 0.0188 e. The van der Waals surface area contributed by atoms with Gasteiger partial charge in [0.15, 0.2) is 0 Å². The highest BCUT2D eigenvalue weighted by molar-refractivity contribution is 7.26. The molecule has 0 bridgehead atoms. The predicted octanol–water partition coefficient (Wildman–Crippen LogP) is 2.83. The average molecular weight is 154 g/mol. The van der Waals surface area contributed by atoms with Gasteiger partial charge in [-0.3, -0.25) is 0 Å². The lowest BCUT2D eigenvalue weighted by Crippen LogP contribution is -2.03. The van der Waals surface area contributed by atoms with Gasteiger partial charge in [-0.25, -0.2) is 0 Å². The molecule has 3 atom stereocenters. The molecule has 0 radical (unpaired) electrons. The Balaban J connectivity index is 2.09. The summed E-state index contributed by atoms with van der Waals surface area (Å²) in [5.41, 5.74) is 3.67. The van der Waals surface area contributed by atoms with E-state index in [4.69, 9.17) is 0 Å². The van der Waals surface area contributed by atoms with Crippen LogP contribution in [0.4, 0.5) is 0 Å². The summed E-state index contributed by atoms with van der Waals surface area (Å²) in [5.74, 6) is 1.97. The van der Waals surface area contributed by atoms with Crippen LogP contribution in [0.1, 0.15) is 32.1 Å². The first-order valence-corrected chi connectivity index (χ1v) is 5.66. The van der Waals surface area contributed by atoms with Crippen LogP contribution in [-0.4, -0.2) is 6.16 Å². The molecule has 0 nitrogen and oxygen atoms in total. The summed E-state index contributed by atoms with van der Waals surface area (Å²) in [6.07, 6.45) is 8.86. The molecule has 1 aliphatic heterocycles. The van der Waals surface area contributed by atoms with E-state index in [0.717, 1.165) is 19.9 Å². The van der Waals surface area contributed by atoms with Crippen molar-refractivity contribution in [2.45, 2.75) is 32.1 Å². The summed E-state index contributed by atoms with van der Waals surface area (Å²) in [5, 5.41) is 0. The molecule has 0 aromatic heterocycles. The maximum atomic E-state index is 3.67. The molecule has 0 aromatic rings. The maximum absolute atomic E-state index is 3.67. The Morgan fingerprint density at radius 2 is 2.00 bits per heavy atom. The van der Waals surface area contributed by atoms with Crippen LogP contribution in [0.25, 0.3) is 0 Å². The summed E-state index contributed by atoms with van der Waals surface area (Å²) in [6, 6.07) is 0. The van der Waals surface area contributed by atoms with Crippen molar-refractivity contribution in [3.63, 3.8) is 0 Å². The fourth-order valence-corrected chi connectivity index (χ4v) is 3.40.